The van der Waals surface area contributed by atoms with Crippen molar-refractivity contribution in [1.29, 1.82) is 0 Å². The Morgan fingerprint density at radius 3 is 2.50 bits per heavy atom. The smallest absolute Gasteiger partial charge is 0.237 e. The lowest BCUT2D eigenvalue weighted by Crippen LogP contribution is -2.46. The molecule has 0 radical (unpaired) electrons. The zero-order valence-corrected chi connectivity index (χ0v) is 12.3. The Morgan fingerprint density at radius 2 is 2.00 bits per heavy atom. The van der Waals surface area contributed by atoms with Crippen LogP contribution in [-0.4, -0.2) is 61.9 Å². The van der Waals surface area contributed by atoms with Gasteiger partial charge in [-0.25, -0.2) is 0 Å². The lowest BCUT2D eigenvalue weighted by molar-refractivity contribution is -0.126. The molecule has 0 saturated heterocycles. The molecule has 18 heavy (non-hydrogen) atoms. The minimum absolute atomic E-state index is 0.00256. The van der Waals surface area contributed by atoms with E-state index >= 15 is 0 Å². The maximum absolute atomic E-state index is 11.8. The molecule has 0 fully saturated rings. The number of ether oxygens (including phenoxy) is 1. The van der Waals surface area contributed by atoms with E-state index in [-0.39, 0.29) is 18.6 Å². The Balaban J connectivity index is 3.96. The summed E-state index contributed by atoms with van der Waals surface area (Å²) in [5.74, 6) is 0.588. The van der Waals surface area contributed by atoms with Crippen LogP contribution in [0.2, 0.25) is 0 Å². The maximum atomic E-state index is 11.8. The summed E-state index contributed by atoms with van der Waals surface area (Å²) in [5.41, 5.74) is 0. The largest absolute Gasteiger partial charge is 0.389 e. The minimum atomic E-state index is -0.564. The van der Waals surface area contributed by atoms with E-state index in [1.54, 1.807) is 7.11 Å². The number of methoxy groups -OCH3 is 1. The minimum Gasteiger partial charge on any atom is -0.389 e. The predicted molar refractivity (Wildman–Crippen MR) is 72.4 cm³/mol. The third kappa shape index (κ3) is 7.63. The van der Waals surface area contributed by atoms with Crippen LogP contribution in [-0.2, 0) is 9.53 Å². The van der Waals surface area contributed by atoms with Crippen molar-refractivity contribution < 1.29 is 14.6 Å². The first kappa shape index (κ1) is 17.4. The Hall–Kier alpha value is -0.650. The molecule has 0 aliphatic rings. The molecule has 2 unspecified atom stereocenters. The summed E-state index contributed by atoms with van der Waals surface area (Å²) in [4.78, 5) is 13.7. The first-order chi connectivity index (χ1) is 8.38. The number of carbonyl (C=O) groups excluding carboxylic acids is 1. The summed E-state index contributed by atoms with van der Waals surface area (Å²) in [6.07, 6.45) is 0.417. The third-order valence-corrected chi connectivity index (χ3v) is 2.92. The van der Waals surface area contributed by atoms with E-state index in [1.165, 1.54) is 0 Å². The summed E-state index contributed by atoms with van der Waals surface area (Å²) < 4.78 is 4.86. The molecule has 2 N–H and O–H groups in total. The standard InChI is InChI=1S/C13H28N2O3/c1-10(2)6-7-14-13(17)11(3)15(4)8-12(16)9-18-5/h10-12,16H,6-9H2,1-5H3,(H,14,17). The van der Waals surface area contributed by atoms with Crippen molar-refractivity contribution >= 4 is 5.91 Å². The van der Waals surface area contributed by atoms with Crippen LogP contribution >= 0.6 is 0 Å². The van der Waals surface area contributed by atoms with Crippen LogP contribution in [0.1, 0.15) is 27.2 Å². The van der Waals surface area contributed by atoms with E-state index in [0.29, 0.717) is 19.0 Å². The summed E-state index contributed by atoms with van der Waals surface area (Å²) in [7, 11) is 3.37. The summed E-state index contributed by atoms with van der Waals surface area (Å²) in [5, 5.41) is 12.5. The van der Waals surface area contributed by atoms with E-state index in [4.69, 9.17) is 4.74 Å². The molecule has 0 spiro atoms. The maximum Gasteiger partial charge on any atom is 0.237 e. The fourth-order valence-electron chi connectivity index (χ4n) is 1.57. The zero-order valence-electron chi connectivity index (χ0n) is 12.3. The number of likely N-dealkylation sites (N-methyl/N-ethyl adjacent to an activating group) is 1. The fourth-order valence-corrected chi connectivity index (χ4v) is 1.57. The second-order valence-corrected chi connectivity index (χ2v) is 5.20. The van der Waals surface area contributed by atoms with Crippen molar-refractivity contribution in [3.05, 3.63) is 0 Å². The zero-order chi connectivity index (χ0) is 14.1. The Morgan fingerprint density at radius 1 is 1.39 bits per heavy atom. The predicted octanol–water partition coefficient (Wildman–Crippen LogP) is 0.476. The van der Waals surface area contributed by atoms with Crippen molar-refractivity contribution in [3.8, 4) is 0 Å². The molecular formula is C13H28N2O3. The highest BCUT2D eigenvalue weighted by atomic mass is 16.5. The van der Waals surface area contributed by atoms with Gasteiger partial charge in [0.25, 0.3) is 0 Å². The fraction of sp³-hybridized carbons (Fsp3) is 0.923. The molecule has 0 aromatic rings. The molecule has 0 bridgehead atoms. The Labute approximate surface area is 110 Å². The van der Waals surface area contributed by atoms with Gasteiger partial charge in [0.05, 0.1) is 18.8 Å². The number of carbonyl (C=O) groups is 1. The van der Waals surface area contributed by atoms with Crippen LogP contribution in [0.25, 0.3) is 0 Å². The number of hydrogen-bond acceptors (Lipinski definition) is 4. The first-order valence-electron chi connectivity index (χ1n) is 6.53. The Kier molecular flexibility index (Phi) is 8.97. The van der Waals surface area contributed by atoms with Gasteiger partial charge in [0, 0.05) is 20.2 Å². The molecular weight excluding hydrogens is 232 g/mol. The lowest BCUT2D eigenvalue weighted by Gasteiger charge is -2.26. The molecule has 0 aromatic carbocycles. The molecule has 2 atom stereocenters. The van der Waals surface area contributed by atoms with Gasteiger partial charge in [-0.2, -0.15) is 0 Å². The Bertz CT molecular complexity index is 234. The summed E-state index contributed by atoms with van der Waals surface area (Å²) in [6, 6.07) is -0.247. The molecule has 1 amide bonds. The van der Waals surface area contributed by atoms with Crippen LogP contribution in [0.4, 0.5) is 0 Å². The molecule has 0 heterocycles. The number of aliphatic hydroxyl groups is 1. The summed E-state index contributed by atoms with van der Waals surface area (Å²) >= 11 is 0. The highest BCUT2D eigenvalue weighted by Crippen LogP contribution is 2.00. The molecule has 0 aromatic heterocycles. The van der Waals surface area contributed by atoms with Crippen molar-refractivity contribution in [3.63, 3.8) is 0 Å². The number of rotatable bonds is 9. The molecule has 108 valence electrons. The van der Waals surface area contributed by atoms with Gasteiger partial charge >= 0.3 is 0 Å². The van der Waals surface area contributed by atoms with Crippen LogP contribution in [0.5, 0.6) is 0 Å². The van der Waals surface area contributed by atoms with Gasteiger partial charge in [-0.1, -0.05) is 13.8 Å². The van der Waals surface area contributed by atoms with Gasteiger partial charge in [0.2, 0.25) is 5.91 Å². The second-order valence-electron chi connectivity index (χ2n) is 5.20. The second kappa shape index (κ2) is 9.30. The van der Waals surface area contributed by atoms with E-state index in [9.17, 15) is 9.90 Å². The van der Waals surface area contributed by atoms with Crippen molar-refractivity contribution in [2.45, 2.75) is 39.3 Å². The van der Waals surface area contributed by atoms with Crippen LogP contribution in [0.3, 0.4) is 0 Å². The van der Waals surface area contributed by atoms with Crippen molar-refractivity contribution in [2.75, 3.05) is 33.9 Å². The summed E-state index contributed by atoms with van der Waals surface area (Å²) in [6.45, 7) is 7.50. The molecule has 0 saturated carbocycles. The number of nitrogens with one attached hydrogen (secondary N) is 1. The SMILES string of the molecule is COCC(O)CN(C)C(C)C(=O)NCCC(C)C. The quantitative estimate of drug-likeness (QED) is 0.633. The third-order valence-electron chi connectivity index (χ3n) is 2.92. The van der Waals surface area contributed by atoms with Gasteiger partial charge in [-0.15, -0.1) is 0 Å². The van der Waals surface area contributed by atoms with Gasteiger partial charge < -0.3 is 15.2 Å². The molecule has 0 rings (SSSR count). The molecule has 5 heteroatoms. The normalized spacial score (nSPS) is 14.9. The average Bonchev–Trinajstić information content (AvgIpc) is 2.27. The number of hydrogen-bond donors (Lipinski definition) is 2. The van der Waals surface area contributed by atoms with Crippen molar-refractivity contribution in [2.24, 2.45) is 5.92 Å². The van der Waals surface area contributed by atoms with Crippen LogP contribution < -0.4 is 5.32 Å². The number of nitrogens with zero attached hydrogens (tertiary/aromatic N) is 1. The molecule has 0 aliphatic carbocycles. The van der Waals surface area contributed by atoms with E-state index in [0.717, 1.165) is 6.42 Å². The topological polar surface area (TPSA) is 61.8 Å². The van der Waals surface area contributed by atoms with Gasteiger partial charge in [0.15, 0.2) is 0 Å². The average molecular weight is 260 g/mol. The highest BCUT2D eigenvalue weighted by Gasteiger charge is 2.19. The monoisotopic (exact) mass is 260 g/mol. The molecule has 5 nitrogen and oxygen atoms in total. The first-order valence-corrected chi connectivity index (χ1v) is 6.53. The van der Waals surface area contributed by atoms with Crippen molar-refractivity contribution in [1.82, 2.24) is 10.2 Å². The van der Waals surface area contributed by atoms with Gasteiger partial charge in [0.1, 0.15) is 0 Å². The number of amides is 1. The van der Waals surface area contributed by atoms with Gasteiger partial charge in [-0.3, -0.25) is 9.69 Å². The number of aliphatic hydroxyl groups excluding tert-OH is 1. The highest BCUT2D eigenvalue weighted by molar-refractivity contribution is 5.81. The van der Waals surface area contributed by atoms with E-state index in [1.807, 2.05) is 18.9 Å². The van der Waals surface area contributed by atoms with E-state index in [2.05, 4.69) is 19.2 Å². The molecule has 0 aliphatic heterocycles. The van der Waals surface area contributed by atoms with E-state index < -0.39 is 6.10 Å². The van der Waals surface area contributed by atoms with Gasteiger partial charge in [-0.05, 0) is 26.3 Å². The lowest BCUT2D eigenvalue weighted by atomic mass is 10.1. The van der Waals surface area contributed by atoms with Crippen LogP contribution in [0, 0.1) is 5.92 Å². The van der Waals surface area contributed by atoms with Crippen LogP contribution in [0.15, 0.2) is 0 Å².